The Morgan fingerprint density at radius 3 is 3.00 bits per heavy atom. The smallest absolute Gasteiger partial charge is 0.277 e. The normalized spacial score (nSPS) is 19.4. The van der Waals surface area contributed by atoms with E-state index in [-0.39, 0.29) is 12.0 Å². The van der Waals surface area contributed by atoms with Gasteiger partial charge in [0.05, 0.1) is 0 Å². The van der Waals surface area contributed by atoms with Crippen LogP contribution >= 0.6 is 11.3 Å². The van der Waals surface area contributed by atoms with Crippen LogP contribution in [0.5, 0.6) is 0 Å². The average Bonchev–Trinajstić information content (AvgIpc) is 3.12. The zero-order chi connectivity index (χ0) is 13.8. The van der Waals surface area contributed by atoms with Crippen LogP contribution in [-0.4, -0.2) is 23.2 Å². The number of aromatic nitrogens is 1. The van der Waals surface area contributed by atoms with Crippen LogP contribution < -0.4 is 4.80 Å². The summed E-state index contributed by atoms with van der Waals surface area (Å²) in [6, 6.07) is 10.1. The Kier molecular flexibility index (Phi) is 4.08. The molecule has 1 aliphatic heterocycles. The number of rotatable bonds is 3. The first-order valence-corrected chi connectivity index (χ1v) is 7.59. The molecule has 0 aliphatic carbocycles. The van der Waals surface area contributed by atoms with E-state index in [0.29, 0.717) is 6.61 Å². The summed E-state index contributed by atoms with van der Waals surface area (Å²) in [5.74, 6) is -0.160. The number of carbonyl (C=O) groups is 1. The highest BCUT2D eigenvalue weighted by Gasteiger charge is 2.23. The molecule has 1 atom stereocenters. The Hall–Kier alpha value is -1.72. The Balaban J connectivity index is 1.81. The maximum atomic E-state index is 12.0. The summed E-state index contributed by atoms with van der Waals surface area (Å²) in [6.07, 6.45) is 3.34. The van der Waals surface area contributed by atoms with Crippen molar-refractivity contribution in [2.75, 3.05) is 6.61 Å². The summed E-state index contributed by atoms with van der Waals surface area (Å²) in [7, 11) is 0. The molecule has 1 amide bonds. The highest BCUT2D eigenvalue weighted by molar-refractivity contribution is 7.07. The molecule has 0 N–H and O–H groups in total. The van der Waals surface area contributed by atoms with Crippen molar-refractivity contribution in [2.24, 2.45) is 4.99 Å². The lowest BCUT2D eigenvalue weighted by Gasteiger charge is -2.04. The fourth-order valence-electron chi connectivity index (χ4n) is 2.23. The second kappa shape index (κ2) is 6.15. The summed E-state index contributed by atoms with van der Waals surface area (Å²) in [5.41, 5.74) is 1.19. The summed E-state index contributed by atoms with van der Waals surface area (Å²) < 4.78 is 7.37. The lowest BCUT2D eigenvalue weighted by Crippen LogP contribution is -2.23. The molecule has 0 radical (unpaired) electrons. The van der Waals surface area contributed by atoms with Crippen molar-refractivity contribution >= 4 is 17.2 Å². The number of amides is 1. The zero-order valence-corrected chi connectivity index (χ0v) is 11.9. The third-order valence-electron chi connectivity index (χ3n) is 3.27. The molecule has 1 aliphatic rings. The lowest BCUT2D eigenvalue weighted by atomic mass is 10.2. The van der Waals surface area contributed by atoms with E-state index >= 15 is 0 Å². The van der Waals surface area contributed by atoms with Crippen molar-refractivity contribution in [3.05, 3.63) is 52.3 Å². The molecule has 1 aromatic heterocycles. The Morgan fingerprint density at radius 2 is 2.25 bits per heavy atom. The first kappa shape index (κ1) is 13.3. The van der Waals surface area contributed by atoms with Crippen molar-refractivity contribution in [3.63, 3.8) is 0 Å². The van der Waals surface area contributed by atoms with E-state index < -0.39 is 0 Å². The van der Waals surface area contributed by atoms with E-state index in [4.69, 9.17) is 4.74 Å². The highest BCUT2D eigenvalue weighted by atomic mass is 32.1. The van der Waals surface area contributed by atoms with Gasteiger partial charge in [0.2, 0.25) is 0 Å². The zero-order valence-electron chi connectivity index (χ0n) is 11.1. The summed E-state index contributed by atoms with van der Waals surface area (Å²) in [6.45, 7) is 1.39. The third-order valence-corrected chi connectivity index (χ3v) is 4.06. The van der Waals surface area contributed by atoms with E-state index in [2.05, 4.69) is 17.1 Å². The molecule has 5 heteroatoms. The minimum absolute atomic E-state index is 0.160. The van der Waals surface area contributed by atoms with Crippen LogP contribution in [0.15, 0.2) is 46.9 Å². The molecule has 0 unspecified atom stereocenters. The van der Waals surface area contributed by atoms with Crippen LogP contribution in [0.1, 0.15) is 18.4 Å². The molecule has 1 fully saturated rings. The first-order chi connectivity index (χ1) is 9.83. The van der Waals surface area contributed by atoms with Gasteiger partial charge >= 0.3 is 0 Å². The van der Waals surface area contributed by atoms with E-state index in [9.17, 15) is 4.79 Å². The van der Waals surface area contributed by atoms with Gasteiger partial charge in [-0.25, -0.2) is 0 Å². The molecule has 1 aromatic carbocycles. The van der Waals surface area contributed by atoms with Crippen molar-refractivity contribution in [1.29, 1.82) is 0 Å². The van der Waals surface area contributed by atoms with Crippen LogP contribution in [0.2, 0.25) is 0 Å². The quantitative estimate of drug-likeness (QED) is 0.869. The van der Waals surface area contributed by atoms with Gasteiger partial charge in [0.1, 0.15) is 6.10 Å². The minimum atomic E-state index is -0.345. The fraction of sp³-hybridized carbons (Fsp3) is 0.333. The van der Waals surface area contributed by atoms with Crippen molar-refractivity contribution < 1.29 is 9.53 Å². The molecular formula is C15H16N2O2S. The lowest BCUT2D eigenvalue weighted by molar-refractivity contribution is -0.126. The van der Waals surface area contributed by atoms with Gasteiger partial charge in [-0.2, -0.15) is 4.99 Å². The molecule has 1 saturated heterocycles. The number of hydrogen-bond acceptors (Lipinski definition) is 3. The Morgan fingerprint density at radius 1 is 1.40 bits per heavy atom. The predicted octanol–water partition coefficient (Wildman–Crippen LogP) is 2.20. The molecule has 0 saturated carbocycles. The van der Waals surface area contributed by atoms with Gasteiger partial charge in [0, 0.05) is 24.7 Å². The van der Waals surface area contributed by atoms with Crippen LogP contribution in [0.4, 0.5) is 0 Å². The van der Waals surface area contributed by atoms with Gasteiger partial charge in [-0.05, 0) is 18.4 Å². The molecule has 0 bridgehead atoms. The highest BCUT2D eigenvalue weighted by Crippen LogP contribution is 2.13. The maximum absolute atomic E-state index is 12.0. The second-order valence-corrected chi connectivity index (χ2v) is 5.62. The van der Waals surface area contributed by atoms with Crippen molar-refractivity contribution in [1.82, 2.24) is 4.57 Å². The molecule has 20 heavy (non-hydrogen) atoms. The van der Waals surface area contributed by atoms with Crippen LogP contribution in [0, 0.1) is 0 Å². The number of nitrogens with zero attached hydrogens (tertiary/aromatic N) is 2. The molecule has 104 valence electrons. The van der Waals surface area contributed by atoms with E-state index in [0.717, 1.165) is 24.2 Å². The number of ether oxygens (including phenoxy) is 1. The number of hydrogen-bond donors (Lipinski definition) is 0. The fourth-order valence-corrected chi connectivity index (χ4v) is 2.96. The maximum Gasteiger partial charge on any atom is 0.277 e. The van der Waals surface area contributed by atoms with Crippen molar-refractivity contribution in [2.45, 2.75) is 25.5 Å². The number of benzene rings is 1. The predicted molar refractivity (Wildman–Crippen MR) is 77.4 cm³/mol. The Bertz CT molecular complexity index is 639. The molecular weight excluding hydrogens is 272 g/mol. The van der Waals surface area contributed by atoms with E-state index in [1.54, 1.807) is 0 Å². The molecule has 4 nitrogen and oxygen atoms in total. The largest absolute Gasteiger partial charge is 0.368 e. The molecule has 2 heterocycles. The number of carbonyl (C=O) groups excluding carboxylic acids is 1. The average molecular weight is 288 g/mol. The summed E-state index contributed by atoms with van der Waals surface area (Å²) in [4.78, 5) is 17.0. The second-order valence-electron chi connectivity index (χ2n) is 4.75. The van der Waals surface area contributed by atoms with Gasteiger partial charge < -0.3 is 9.30 Å². The van der Waals surface area contributed by atoms with Gasteiger partial charge in [-0.15, -0.1) is 11.3 Å². The van der Waals surface area contributed by atoms with Crippen LogP contribution in [-0.2, 0) is 16.1 Å². The summed E-state index contributed by atoms with van der Waals surface area (Å²) >= 11 is 1.48. The van der Waals surface area contributed by atoms with Crippen LogP contribution in [0.25, 0.3) is 0 Å². The molecule has 3 rings (SSSR count). The SMILES string of the molecule is O=C(N=c1sccn1Cc1ccccc1)[C@H]1CCCO1. The van der Waals surface area contributed by atoms with Gasteiger partial charge in [-0.3, -0.25) is 4.79 Å². The topological polar surface area (TPSA) is 43.6 Å². The van der Waals surface area contributed by atoms with Gasteiger partial charge in [0.15, 0.2) is 4.80 Å². The van der Waals surface area contributed by atoms with E-state index in [1.165, 1.54) is 16.9 Å². The third kappa shape index (κ3) is 3.05. The van der Waals surface area contributed by atoms with Crippen molar-refractivity contribution in [3.8, 4) is 0 Å². The van der Waals surface area contributed by atoms with Crippen LogP contribution in [0.3, 0.4) is 0 Å². The summed E-state index contributed by atoms with van der Waals surface area (Å²) in [5, 5.41) is 1.95. The number of thiazole rings is 1. The monoisotopic (exact) mass is 288 g/mol. The van der Waals surface area contributed by atoms with Gasteiger partial charge in [0.25, 0.3) is 5.91 Å². The van der Waals surface area contributed by atoms with E-state index in [1.807, 2.05) is 34.3 Å². The standard InChI is InChI=1S/C15H16N2O2S/c18-14(13-7-4-9-19-13)16-15-17(8-10-20-15)11-12-5-2-1-3-6-12/h1-3,5-6,8,10,13H,4,7,9,11H2/t13-/m1/s1. The first-order valence-electron chi connectivity index (χ1n) is 6.71. The molecule has 2 aromatic rings. The minimum Gasteiger partial charge on any atom is -0.368 e. The molecule has 0 spiro atoms. The van der Waals surface area contributed by atoms with Gasteiger partial charge in [-0.1, -0.05) is 30.3 Å². The Labute approximate surface area is 121 Å².